The molecule has 3 rings (SSSR count). The summed E-state index contributed by atoms with van der Waals surface area (Å²) in [6.07, 6.45) is -9.23. The Balaban J connectivity index is 0.00000363. The molecule has 1 fully saturated rings. The Bertz CT molecular complexity index is 877. The van der Waals surface area contributed by atoms with Crippen molar-refractivity contribution in [3.8, 4) is 5.75 Å². The van der Waals surface area contributed by atoms with Gasteiger partial charge in [-0.05, 0) is 11.5 Å². The SMILES string of the molecule is CC(C)NC[C@@H](COc1cccc2ccccc12)O[C@@H]1OC(C(=O)[O-])[C@@H](O)C(O)C1O.[Na+]. The van der Waals surface area contributed by atoms with Gasteiger partial charge in [-0.1, -0.05) is 50.2 Å². The molecule has 2 aromatic rings. The van der Waals surface area contributed by atoms with Gasteiger partial charge in [0.1, 0.15) is 42.9 Å². The third-order valence-corrected chi connectivity index (χ3v) is 5.06. The molecule has 10 heteroatoms. The Morgan fingerprint density at radius 1 is 1.09 bits per heavy atom. The van der Waals surface area contributed by atoms with Crippen LogP contribution in [0.25, 0.3) is 10.8 Å². The van der Waals surface area contributed by atoms with E-state index in [-0.39, 0.29) is 42.2 Å². The molecule has 1 heterocycles. The number of fused-ring (bicyclic) bond motifs is 1. The first-order valence-electron chi connectivity index (χ1n) is 10.2. The van der Waals surface area contributed by atoms with Gasteiger partial charge in [-0.15, -0.1) is 0 Å². The van der Waals surface area contributed by atoms with E-state index in [1.807, 2.05) is 56.3 Å². The fraction of sp³-hybridized carbons (Fsp3) is 0.500. The molecular formula is C22H28NNaO8. The summed E-state index contributed by atoms with van der Waals surface area (Å²) in [6, 6.07) is 13.5. The Morgan fingerprint density at radius 3 is 2.47 bits per heavy atom. The van der Waals surface area contributed by atoms with Gasteiger partial charge in [-0.3, -0.25) is 0 Å². The van der Waals surface area contributed by atoms with Crippen molar-refractivity contribution in [2.45, 2.75) is 56.7 Å². The fourth-order valence-corrected chi connectivity index (χ4v) is 3.36. The molecule has 0 radical (unpaired) electrons. The molecule has 0 bridgehead atoms. The van der Waals surface area contributed by atoms with E-state index in [1.165, 1.54) is 0 Å². The number of aliphatic carboxylic acids is 1. The molecule has 1 aliphatic rings. The third-order valence-electron chi connectivity index (χ3n) is 5.06. The van der Waals surface area contributed by atoms with Crippen molar-refractivity contribution in [3.05, 3.63) is 42.5 Å². The van der Waals surface area contributed by atoms with Crippen LogP contribution in [0.2, 0.25) is 0 Å². The number of carbonyl (C=O) groups is 1. The second-order valence-corrected chi connectivity index (χ2v) is 7.83. The number of benzene rings is 2. The van der Waals surface area contributed by atoms with Gasteiger partial charge < -0.3 is 44.7 Å². The van der Waals surface area contributed by atoms with Crippen LogP contribution in [0.1, 0.15) is 13.8 Å². The summed E-state index contributed by atoms with van der Waals surface area (Å²) in [4.78, 5) is 11.2. The minimum atomic E-state index is -1.83. The summed E-state index contributed by atoms with van der Waals surface area (Å²) in [5, 5.41) is 46.4. The first kappa shape index (κ1) is 27.0. The van der Waals surface area contributed by atoms with Crippen molar-refractivity contribution in [2.24, 2.45) is 0 Å². The first-order chi connectivity index (χ1) is 14.8. The number of aliphatic hydroxyl groups excluding tert-OH is 3. The summed E-state index contributed by atoms with van der Waals surface area (Å²) >= 11 is 0. The average molecular weight is 457 g/mol. The largest absolute Gasteiger partial charge is 1.00 e. The molecule has 3 unspecified atom stereocenters. The van der Waals surface area contributed by atoms with Crippen LogP contribution in [0.5, 0.6) is 5.75 Å². The molecule has 9 nitrogen and oxygen atoms in total. The first-order valence-corrected chi connectivity index (χ1v) is 10.2. The van der Waals surface area contributed by atoms with E-state index in [2.05, 4.69) is 5.32 Å². The van der Waals surface area contributed by atoms with Crippen molar-refractivity contribution in [3.63, 3.8) is 0 Å². The monoisotopic (exact) mass is 457 g/mol. The molecule has 4 N–H and O–H groups in total. The number of carboxylic acid groups (broad SMARTS) is 1. The number of ether oxygens (including phenoxy) is 3. The number of aliphatic hydroxyl groups is 3. The number of hydrogen-bond donors (Lipinski definition) is 4. The van der Waals surface area contributed by atoms with E-state index in [1.54, 1.807) is 0 Å². The van der Waals surface area contributed by atoms with Gasteiger partial charge in [0.15, 0.2) is 6.29 Å². The smallest absolute Gasteiger partial charge is 0.547 e. The molecule has 6 atom stereocenters. The molecule has 0 aliphatic carbocycles. The van der Waals surface area contributed by atoms with E-state index in [0.29, 0.717) is 12.3 Å². The zero-order valence-electron chi connectivity index (χ0n) is 18.4. The summed E-state index contributed by atoms with van der Waals surface area (Å²) in [6.45, 7) is 4.26. The maximum absolute atomic E-state index is 11.2. The summed E-state index contributed by atoms with van der Waals surface area (Å²) in [5.41, 5.74) is 0. The van der Waals surface area contributed by atoms with Gasteiger partial charge in [0, 0.05) is 18.0 Å². The quantitative estimate of drug-likeness (QED) is 0.279. The number of carbonyl (C=O) groups excluding carboxylic acids is 1. The standard InChI is InChI=1S/C22H29NO8.Na/c1-12(2)23-10-14(11-29-16-9-5-7-13-6-3-4-8-15(13)16)30-22-19(26)17(24)18(25)20(31-22)21(27)28;/h3-9,12,14,17-20,22-26H,10-11H2,1-2H3,(H,27,28);/q;+1/p-1/t14-,17?,18-,19?,20?,22+;/m0./s1. The number of carboxylic acids is 1. The molecule has 0 spiro atoms. The maximum Gasteiger partial charge on any atom is 1.00 e. The number of hydrogen-bond acceptors (Lipinski definition) is 9. The Hall–Kier alpha value is -1.27. The zero-order valence-corrected chi connectivity index (χ0v) is 20.4. The van der Waals surface area contributed by atoms with Gasteiger partial charge in [-0.2, -0.15) is 0 Å². The summed E-state index contributed by atoms with van der Waals surface area (Å²) in [5.74, 6) is -1.07. The van der Waals surface area contributed by atoms with Gasteiger partial charge in [0.25, 0.3) is 0 Å². The Labute approximate surface area is 208 Å². The average Bonchev–Trinajstić information content (AvgIpc) is 2.75. The van der Waals surface area contributed by atoms with Gasteiger partial charge in [0.2, 0.25) is 0 Å². The second kappa shape index (κ2) is 12.3. The van der Waals surface area contributed by atoms with Gasteiger partial charge in [-0.25, -0.2) is 0 Å². The van der Waals surface area contributed by atoms with E-state index in [4.69, 9.17) is 14.2 Å². The maximum atomic E-state index is 11.2. The summed E-state index contributed by atoms with van der Waals surface area (Å²) in [7, 11) is 0. The van der Waals surface area contributed by atoms with Crippen molar-refractivity contribution in [1.29, 1.82) is 0 Å². The Kier molecular flexibility index (Phi) is 10.3. The number of nitrogens with one attached hydrogen (secondary N) is 1. The second-order valence-electron chi connectivity index (χ2n) is 7.83. The number of rotatable bonds is 9. The van der Waals surface area contributed by atoms with Crippen molar-refractivity contribution in [2.75, 3.05) is 13.2 Å². The van der Waals surface area contributed by atoms with Crippen LogP contribution in [0.4, 0.5) is 0 Å². The fourth-order valence-electron chi connectivity index (χ4n) is 3.36. The molecular weight excluding hydrogens is 429 g/mol. The predicted octanol–water partition coefficient (Wildman–Crippen LogP) is -3.84. The molecule has 0 saturated carbocycles. The minimum Gasteiger partial charge on any atom is -0.547 e. The predicted molar refractivity (Wildman–Crippen MR) is 109 cm³/mol. The molecule has 0 aromatic heterocycles. The molecule has 1 saturated heterocycles. The van der Waals surface area contributed by atoms with E-state index in [0.717, 1.165) is 10.8 Å². The van der Waals surface area contributed by atoms with Crippen LogP contribution in [0.15, 0.2) is 42.5 Å². The van der Waals surface area contributed by atoms with Crippen LogP contribution >= 0.6 is 0 Å². The van der Waals surface area contributed by atoms with E-state index in [9.17, 15) is 25.2 Å². The Morgan fingerprint density at radius 2 is 1.78 bits per heavy atom. The van der Waals surface area contributed by atoms with Crippen LogP contribution in [0, 0.1) is 0 Å². The van der Waals surface area contributed by atoms with E-state index >= 15 is 0 Å². The van der Waals surface area contributed by atoms with Crippen LogP contribution in [-0.4, -0.2) is 77.3 Å². The molecule has 1 aliphatic heterocycles. The van der Waals surface area contributed by atoms with Crippen LogP contribution < -0.4 is 44.7 Å². The van der Waals surface area contributed by atoms with Gasteiger partial charge in [0.05, 0.1) is 5.97 Å². The van der Waals surface area contributed by atoms with Crippen LogP contribution in [0.3, 0.4) is 0 Å². The topological polar surface area (TPSA) is 141 Å². The zero-order chi connectivity index (χ0) is 22.5. The van der Waals surface area contributed by atoms with Crippen molar-refractivity contribution < 1.29 is 69.0 Å². The third kappa shape index (κ3) is 6.63. The van der Waals surface area contributed by atoms with Gasteiger partial charge >= 0.3 is 29.6 Å². The van der Waals surface area contributed by atoms with Crippen molar-refractivity contribution in [1.82, 2.24) is 5.32 Å². The molecule has 2 aromatic carbocycles. The summed E-state index contributed by atoms with van der Waals surface area (Å²) < 4.78 is 16.9. The van der Waals surface area contributed by atoms with Crippen LogP contribution in [-0.2, 0) is 14.3 Å². The van der Waals surface area contributed by atoms with E-state index < -0.39 is 42.8 Å². The van der Waals surface area contributed by atoms with Crippen molar-refractivity contribution >= 4 is 16.7 Å². The molecule has 170 valence electrons. The normalized spacial score (nSPS) is 26.5. The molecule has 0 amide bonds. The molecule has 32 heavy (non-hydrogen) atoms. The minimum absolute atomic E-state index is 0.